The monoisotopic (exact) mass is 502 g/mol. The van der Waals surface area contributed by atoms with Gasteiger partial charge in [-0.25, -0.2) is 9.48 Å². The molecule has 1 aliphatic rings. The number of carbonyl (C=O) groups is 4. The third kappa shape index (κ3) is 6.92. The van der Waals surface area contributed by atoms with E-state index in [-0.39, 0.29) is 31.2 Å². The summed E-state index contributed by atoms with van der Waals surface area (Å²) in [5, 5.41) is 22.6. The number of carboxylic acids is 1. The van der Waals surface area contributed by atoms with Gasteiger partial charge in [0.25, 0.3) is 0 Å². The lowest BCUT2D eigenvalue weighted by Crippen LogP contribution is -2.54. The summed E-state index contributed by atoms with van der Waals surface area (Å²) in [4.78, 5) is 51.4. The highest BCUT2D eigenvalue weighted by Gasteiger charge is 2.40. The standard InChI is InChI=1S/C24H34N6O6/c1-14-10-19(21(33)25-12-15-6-8-18-17(11-15)27-28-29(18)5)30(13-14)22(34)16(7-9-20(31)32)26-23(35)36-24(2,3)4/h6,8,11,14,16,19H,7,9-10,12-13H2,1-5H3,(H,25,33)(H,26,35)(H,31,32)/t14-,16+,19-/m0/s1. The zero-order valence-corrected chi connectivity index (χ0v) is 21.3. The summed E-state index contributed by atoms with van der Waals surface area (Å²) in [6, 6.07) is 3.73. The molecule has 0 bridgehead atoms. The normalized spacial score (nSPS) is 18.6. The van der Waals surface area contributed by atoms with Gasteiger partial charge in [-0.2, -0.15) is 0 Å². The van der Waals surface area contributed by atoms with Crippen molar-refractivity contribution in [2.45, 2.75) is 71.2 Å². The number of rotatable bonds is 8. The highest BCUT2D eigenvalue weighted by Crippen LogP contribution is 2.25. The fourth-order valence-corrected chi connectivity index (χ4v) is 4.22. The summed E-state index contributed by atoms with van der Waals surface area (Å²) < 4.78 is 6.90. The van der Waals surface area contributed by atoms with Gasteiger partial charge in [0.05, 0.1) is 5.52 Å². The first-order valence-corrected chi connectivity index (χ1v) is 11.9. The number of alkyl carbamates (subject to hydrolysis) is 1. The van der Waals surface area contributed by atoms with E-state index in [1.807, 2.05) is 25.1 Å². The molecule has 3 atom stereocenters. The Morgan fingerprint density at radius 2 is 1.97 bits per heavy atom. The quantitative estimate of drug-likeness (QED) is 0.491. The smallest absolute Gasteiger partial charge is 0.408 e. The number of hydrogen-bond acceptors (Lipinski definition) is 7. The summed E-state index contributed by atoms with van der Waals surface area (Å²) in [5.41, 5.74) is 1.64. The summed E-state index contributed by atoms with van der Waals surface area (Å²) >= 11 is 0. The van der Waals surface area contributed by atoms with Crippen molar-refractivity contribution in [2.24, 2.45) is 13.0 Å². The van der Waals surface area contributed by atoms with Gasteiger partial charge in [0.2, 0.25) is 11.8 Å². The van der Waals surface area contributed by atoms with Crippen molar-refractivity contribution in [1.82, 2.24) is 30.5 Å². The topological polar surface area (TPSA) is 156 Å². The second kappa shape index (κ2) is 10.9. The Morgan fingerprint density at radius 3 is 2.64 bits per heavy atom. The molecule has 3 amide bonds. The van der Waals surface area contributed by atoms with Crippen LogP contribution in [0.3, 0.4) is 0 Å². The molecule has 3 rings (SSSR count). The Balaban J connectivity index is 1.69. The van der Waals surface area contributed by atoms with Gasteiger partial charge in [0, 0.05) is 26.6 Å². The molecule has 1 saturated heterocycles. The number of amides is 3. The molecule has 36 heavy (non-hydrogen) atoms. The maximum absolute atomic E-state index is 13.4. The number of aliphatic carboxylic acids is 1. The van der Waals surface area contributed by atoms with Gasteiger partial charge in [-0.1, -0.05) is 18.2 Å². The Bertz CT molecular complexity index is 1140. The molecule has 2 aromatic rings. The first-order valence-electron chi connectivity index (χ1n) is 11.9. The van der Waals surface area contributed by atoms with Crippen molar-refractivity contribution in [3.05, 3.63) is 23.8 Å². The molecule has 196 valence electrons. The van der Waals surface area contributed by atoms with Crippen LogP contribution < -0.4 is 10.6 Å². The third-order valence-electron chi connectivity index (χ3n) is 5.87. The summed E-state index contributed by atoms with van der Waals surface area (Å²) in [5.74, 6) is -1.86. The van der Waals surface area contributed by atoms with E-state index in [1.54, 1.807) is 32.5 Å². The van der Waals surface area contributed by atoms with Crippen molar-refractivity contribution in [3.8, 4) is 0 Å². The van der Waals surface area contributed by atoms with Crippen molar-refractivity contribution in [1.29, 1.82) is 0 Å². The molecule has 0 aliphatic carbocycles. The predicted octanol–water partition coefficient (Wildman–Crippen LogP) is 1.58. The lowest BCUT2D eigenvalue weighted by molar-refractivity contribution is -0.141. The second-order valence-corrected chi connectivity index (χ2v) is 10.2. The molecule has 12 heteroatoms. The number of ether oxygens (including phenoxy) is 1. The maximum atomic E-state index is 13.4. The molecule has 1 aliphatic heterocycles. The average Bonchev–Trinajstić information content (AvgIpc) is 3.35. The van der Waals surface area contributed by atoms with Crippen LogP contribution in [0.5, 0.6) is 0 Å². The molecule has 1 fully saturated rings. The van der Waals surface area contributed by atoms with Crippen LogP contribution in [-0.4, -0.2) is 73.1 Å². The highest BCUT2D eigenvalue weighted by atomic mass is 16.6. The molecule has 12 nitrogen and oxygen atoms in total. The number of aromatic nitrogens is 3. The van der Waals surface area contributed by atoms with Crippen LogP contribution in [-0.2, 0) is 32.7 Å². The van der Waals surface area contributed by atoms with E-state index in [9.17, 15) is 19.2 Å². The van der Waals surface area contributed by atoms with Crippen molar-refractivity contribution < 1.29 is 29.0 Å². The van der Waals surface area contributed by atoms with Gasteiger partial charge >= 0.3 is 12.1 Å². The zero-order chi connectivity index (χ0) is 26.6. The van der Waals surface area contributed by atoms with Gasteiger partial charge in [0.15, 0.2) is 0 Å². The van der Waals surface area contributed by atoms with E-state index in [4.69, 9.17) is 9.84 Å². The highest BCUT2D eigenvalue weighted by molar-refractivity contribution is 5.92. The maximum Gasteiger partial charge on any atom is 0.408 e. The van der Waals surface area contributed by atoms with E-state index >= 15 is 0 Å². The predicted molar refractivity (Wildman–Crippen MR) is 130 cm³/mol. The minimum absolute atomic E-state index is 0.0577. The molecule has 1 aromatic carbocycles. The van der Waals surface area contributed by atoms with Crippen LogP contribution in [0.1, 0.15) is 52.5 Å². The minimum atomic E-state index is -1.13. The molecule has 2 heterocycles. The molecule has 3 N–H and O–H groups in total. The summed E-state index contributed by atoms with van der Waals surface area (Å²) in [7, 11) is 1.80. The number of nitrogens with one attached hydrogen (secondary N) is 2. The molecular weight excluding hydrogens is 468 g/mol. The van der Waals surface area contributed by atoms with Crippen molar-refractivity contribution >= 4 is 34.9 Å². The number of nitrogens with zero attached hydrogens (tertiary/aromatic N) is 4. The number of hydrogen-bond donors (Lipinski definition) is 3. The first kappa shape index (κ1) is 26.9. The van der Waals surface area contributed by atoms with Crippen LogP contribution in [0, 0.1) is 5.92 Å². The average molecular weight is 503 g/mol. The molecule has 0 radical (unpaired) electrons. The lowest BCUT2D eigenvalue weighted by atomic mass is 10.1. The first-order chi connectivity index (χ1) is 16.8. The van der Waals surface area contributed by atoms with Gasteiger partial charge in [-0.05, 0) is 57.2 Å². The summed E-state index contributed by atoms with van der Waals surface area (Å²) in [6.45, 7) is 7.56. The molecule has 0 saturated carbocycles. The number of carbonyl (C=O) groups excluding carboxylic acids is 3. The largest absolute Gasteiger partial charge is 0.481 e. The fourth-order valence-electron chi connectivity index (χ4n) is 4.22. The van der Waals surface area contributed by atoms with E-state index in [2.05, 4.69) is 20.9 Å². The van der Waals surface area contributed by atoms with Crippen LogP contribution in [0.15, 0.2) is 18.2 Å². The van der Waals surface area contributed by atoms with Gasteiger partial charge in [-0.3, -0.25) is 14.4 Å². The van der Waals surface area contributed by atoms with Crippen LogP contribution >= 0.6 is 0 Å². The number of benzene rings is 1. The van der Waals surface area contributed by atoms with E-state index in [0.29, 0.717) is 18.5 Å². The SMILES string of the molecule is C[C@H]1C[C@@H](C(=O)NCc2ccc3c(c2)nnn3C)N(C(=O)[C@@H](CCC(=O)O)NC(=O)OC(C)(C)C)C1. The minimum Gasteiger partial charge on any atom is -0.481 e. The Labute approximate surface area is 209 Å². The van der Waals surface area contributed by atoms with E-state index < -0.39 is 35.7 Å². The van der Waals surface area contributed by atoms with E-state index in [0.717, 1.165) is 11.1 Å². The Morgan fingerprint density at radius 1 is 1.25 bits per heavy atom. The third-order valence-corrected chi connectivity index (χ3v) is 5.87. The van der Waals surface area contributed by atoms with Gasteiger partial charge in [0.1, 0.15) is 23.2 Å². The Kier molecular flexibility index (Phi) is 8.16. The summed E-state index contributed by atoms with van der Waals surface area (Å²) in [6.07, 6.45) is -0.806. The van der Waals surface area contributed by atoms with Gasteiger partial charge in [-0.15, -0.1) is 5.10 Å². The van der Waals surface area contributed by atoms with Crippen LogP contribution in [0.25, 0.3) is 11.0 Å². The van der Waals surface area contributed by atoms with Crippen LogP contribution in [0.4, 0.5) is 4.79 Å². The Hall–Kier alpha value is -3.70. The fraction of sp³-hybridized carbons (Fsp3) is 0.583. The number of aryl methyl sites for hydroxylation is 1. The molecule has 0 spiro atoms. The van der Waals surface area contributed by atoms with Crippen molar-refractivity contribution in [2.75, 3.05) is 6.54 Å². The van der Waals surface area contributed by atoms with Crippen molar-refractivity contribution in [3.63, 3.8) is 0 Å². The molecular formula is C24H34N6O6. The molecule has 0 unspecified atom stereocenters. The second-order valence-electron chi connectivity index (χ2n) is 10.2. The van der Waals surface area contributed by atoms with Crippen LogP contribution in [0.2, 0.25) is 0 Å². The number of fused-ring (bicyclic) bond motifs is 1. The zero-order valence-electron chi connectivity index (χ0n) is 21.3. The van der Waals surface area contributed by atoms with E-state index in [1.165, 1.54) is 4.90 Å². The lowest BCUT2D eigenvalue weighted by Gasteiger charge is -2.29. The van der Waals surface area contributed by atoms with Gasteiger partial charge < -0.3 is 25.4 Å². The number of carboxylic acid groups (broad SMARTS) is 1. The number of likely N-dealkylation sites (tertiary alicyclic amines) is 1. The molecule has 1 aromatic heterocycles.